The Morgan fingerprint density at radius 3 is 3.00 bits per heavy atom. The number of benzene rings is 1. The van der Waals surface area contributed by atoms with E-state index in [1.165, 1.54) is 11.1 Å². The highest BCUT2D eigenvalue weighted by atomic mass is 19.1. The molecule has 0 aromatic heterocycles. The molecule has 5 heteroatoms. The summed E-state index contributed by atoms with van der Waals surface area (Å²) in [7, 11) is 0. The topological polar surface area (TPSA) is 58.4 Å². The molecule has 1 amide bonds. The highest BCUT2D eigenvalue weighted by molar-refractivity contribution is 6.00. The van der Waals surface area contributed by atoms with Gasteiger partial charge in [-0.15, -0.1) is 0 Å². The molecule has 1 heterocycles. The molecular formula is C9H10FN3O. The summed E-state index contributed by atoms with van der Waals surface area (Å²) in [6.07, 6.45) is 0. The Kier molecular flexibility index (Phi) is 1.89. The van der Waals surface area contributed by atoms with Gasteiger partial charge in [0.05, 0.1) is 11.4 Å². The van der Waals surface area contributed by atoms with Crippen molar-refractivity contribution in [3.8, 4) is 0 Å². The maximum absolute atomic E-state index is 13.2. The molecule has 0 atom stereocenters. The first kappa shape index (κ1) is 8.96. The zero-order valence-electron chi connectivity index (χ0n) is 7.67. The van der Waals surface area contributed by atoms with Crippen LogP contribution in [0.5, 0.6) is 0 Å². The van der Waals surface area contributed by atoms with Gasteiger partial charge in [0.15, 0.2) is 0 Å². The number of nitrogens with two attached hydrogens (primary N) is 1. The Morgan fingerprint density at radius 1 is 1.57 bits per heavy atom. The van der Waals surface area contributed by atoms with Crippen LogP contribution < -0.4 is 16.2 Å². The standard InChI is InChI=1S/C9H10FN3O/c1-5-2-7-8(3-6(5)10)13(11)4-9(14)12-7/h2-3H,4,11H2,1H3,(H,12,14). The first-order chi connectivity index (χ1) is 6.58. The molecule has 3 N–H and O–H groups in total. The molecule has 74 valence electrons. The van der Waals surface area contributed by atoms with Crippen LogP contribution in [0.4, 0.5) is 15.8 Å². The Morgan fingerprint density at radius 2 is 2.29 bits per heavy atom. The van der Waals surface area contributed by atoms with E-state index in [1.54, 1.807) is 13.0 Å². The van der Waals surface area contributed by atoms with Gasteiger partial charge >= 0.3 is 0 Å². The number of anilines is 2. The van der Waals surface area contributed by atoms with Gasteiger partial charge in [-0.2, -0.15) is 0 Å². The first-order valence-corrected chi connectivity index (χ1v) is 4.20. The molecule has 1 aliphatic rings. The van der Waals surface area contributed by atoms with Gasteiger partial charge < -0.3 is 5.32 Å². The molecule has 1 aromatic rings. The van der Waals surface area contributed by atoms with E-state index in [2.05, 4.69) is 5.32 Å². The zero-order chi connectivity index (χ0) is 10.3. The Hall–Kier alpha value is -1.62. The molecule has 0 bridgehead atoms. The van der Waals surface area contributed by atoms with E-state index in [0.717, 1.165) is 0 Å². The Labute approximate surface area is 80.5 Å². The number of fused-ring (bicyclic) bond motifs is 1. The zero-order valence-corrected chi connectivity index (χ0v) is 7.67. The fraction of sp³-hybridized carbons (Fsp3) is 0.222. The lowest BCUT2D eigenvalue weighted by atomic mass is 10.1. The SMILES string of the molecule is Cc1cc2c(cc1F)N(N)CC(=O)N2. The summed E-state index contributed by atoms with van der Waals surface area (Å²) in [6.45, 7) is 1.69. The Bertz CT molecular complexity index is 405. The summed E-state index contributed by atoms with van der Waals surface area (Å²) in [6, 6.07) is 2.89. The number of hydrogen-bond acceptors (Lipinski definition) is 3. The van der Waals surface area contributed by atoms with Crippen LogP contribution in [-0.4, -0.2) is 12.5 Å². The third kappa shape index (κ3) is 1.31. The van der Waals surface area contributed by atoms with Crippen molar-refractivity contribution in [3.63, 3.8) is 0 Å². The molecule has 0 saturated carbocycles. The molecule has 0 spiro atoms. The number of aryl methyl sites for hydroxylation is 1. The summed E-state index contributed by atoms with van der Waals surface area (Å²) in [5, 5.41) is 3.86. The second-order valence-corrected chi connectivity index (χ2v) is 3.29. The molecular weight excluding hydrogens is 185 g/mol. The van der Waals surface area contributed by atoms with Crippen LogP contribution in [0.25, 0.3) is 0 Å². The summed E-state index contributed by atoms with van der Waals surface area (Å²) in [4.78, 5) is 11.1. The lowest BCUT2D eigenvalue weighted by Gasteiger charge is -2.26. The molecule has 0 aliphatic carbocycles. The van der Waals surface area contributed by atoms with Gasteiger partial charge in [-0.1, -0.05) is 0 Å². The van der Waals surface area contributed by atoms with Crippen LogP contribution in [0.3, 0.4) is 0 Å². The van der Waals surface area contributed by atoms with E-state index in [9.17, 15) is 9.18 Å². The average Bonchev–Trinajstić information content (AvgIpc) is 2.08. The van der Waals surface area contributed by atoms with E-state index in [-0.39, 0.29) is 18.3 Å². The van der Waals surface area contributed by atoms with E-state index in [1.807, 2.05) is 0 Å². The highest BCUT2D eigenvalue weighted by Gasteiger charge is 2.20. The lowest BCUT2D eigenvalue weighted by Crippen LogP contribution is -2.42. The third-order valence-corrected chi connectivity index (χ3v) is 2.17. The van der Waals surface area contributed by atoms with Crippen LogP contribution in [0.15, 0.2) is 12.1 Å². The lowest BCUT2D eigenvalue weighted by molar-refractivity contribution is -0.115. The predicted molar refractivity (Wildman–Crippen MR) is 51.3 cm³/mol. The fourth-order valence-electron chi connectivity index (χ4n) is 1.44. The molecule has 0 fully saturated rings. The molecule has 2 rings (SSSR count). The largest absolute Gasteiger partial charge is 0.323 e. The number of hydrazine groups is 1. The predicted octanol–water partition coefficient (Wildman–Crippen LogP) is 0.766. The molecule has 0 unspecified atom stereocenters. The van der Waals surface area contributed by atoms with Crippen molar-refractivity contribution in [2.45, 2.75) is 6.92 Å². The van der Waals surface area contributed by atoms with Crippen LogP contribution in [-0.2, 0) is 4.79 Å². The van der Waals surface area contributed by atoms with Crippen LogP contribution in [0, 0.1) is 12.7 Å². The number of carbonyl (C=O) groups is 1. The second kappa shape index (κ2) is 2.95. The molecule has 4 nitrogen and oxygen atoms in total. The van der Waals surface area contributed by atoms with Gasteiger partial charge in [0.25, 0.3) is 0 Å². The Balaban J connectivity index is 2.54. The molecule has 14 heavy (non-hydrogen) atoms. The number of halogens is 1. The van der Waals surface area contributed by atoms with E-state index in [0.29, 0.717) is 16.9 Å². The number of carbonyl (C=O) groups excluding carboxylic acids is 1. The molecule has 0 saturated heterocycles. The van der Waals surface area contributed by atoms with Crippen LogP contribution in [0.2, 0.25) is 0 Å². The van der Waals surface area contributed by atoms with Crippen LogP contribution in [0.1, 0.15) is 5.56 Å². The number of amides is 1. The molecule has 1 aliphatic heterocycles. The minimum Gasteiger partial charge on any atom is -0.323 e. The molecule has 0 radical (unpaired) electrons. The molecule has 1 aromatic carbocycles. The van der Waals surface area contributed by atoms with Gasteiger partial charge in [-0.3, -0.25) is 9.80 Å². The number of nitrogens with zero attached hydrogens (tertiary/aromatic N) is 1. The third-order valence-electron chi connectivity index (χ3n) is 2.17. The summed E-state index contributed by atoms with van der Waals surface area (Å²) < 4.78 is 13.2. The van der Waals surface area contributed by atoms with Crippen molar-refractivity contribution in [1.82, 2.24) is 0 Å². The van der Waals surface area contributed by atoms with Crippen molar-refractivity contribution >= 4 is 17.3 Å². The van der Waals surface area contributed by atoms with Gasteiger partial charge in [-0.05, 0) is 18.6 Å². The maximum Gasteiger partial charge on any atom is 0.245 e. The number of hydrogen-bond donors (Lipinski definition) is 2. The van der Waals surface area contributed by atoms with E-state index >= 15 is 0 Å². The second-order valence-electron chi connectivity index (χ2n) is 3.29. The highest BCUT2D eigenvalue weighted by Crippen LogP contribution is 2.29. The fourth-order valence-corrected chi connectivity index (χ4v) is 1.44. The van der Waals surface area contributed by atoms with Crippen molar-refractivity contribution in [1.29, 1.82) is 0 Å². The van der Waals surface area contributed by atoms with E-state index in [4.69, 9.17) is 5.84 Å². The van der Waals surface area contributed by atoms with Gasteiger partial charge in [0.2, 0.25) is 5.91 Å². The monoisotopic (exact) mass is 195 g/mol. The van der Waals surface area contributed by atoms with E-state index < -0.39 is 0 Å². The minimum absolute atomic E-state index is 0.0511. The van der Waals surface area contributed by atoms with Crippen molar-refractivity contribution in [2.75, 3.05) is 16.9 Å². The summed E-state index contributed by atoms with van der Waals surface area (Å²) in [5.74, 6) is 5.05. The van der Waals surface area contributed by atoms with Gasteiger partial charge in [-0.25, -0.2) is 10.2 Å². The van der Waals surface area contributed by atoms with Crippen molar-refractivity contribution < 1.29 is 9.18 Å². The van der Waals surface area contributed by atoms with Crippen molar-refractivity contribution in [3.05, 3.63) is 23.5 Å². The minimum atomic E-state index is -0.324. The average molecular weight is 195 g/mol. The number of rotatable bonds is 0. The first-order valence-electron chi connectivity index (χ1n) is 4.20. The summed E-state index contributed by atoms with van der Waals surface area (Å²) in [5.41, 5.74) is 1.55. The van der Waals surface area contributed by atoms with Crippen LogP contribution >= 0.6 is 0 Å². The number of nitrogens with one attached hydrogen (secondary N) is 1. The smallest absolute Gasteiger partial charge is 0.245 e. The summed E-state index contributed by atoms with van der Waals surface area (Å²) >= 11 is 0. The maximum atomic E-state index is 13.2. The van der Waals surface area contributed by atoms with Crippen molar-refractivity contribution in [2.24, 2.45) is 5.84 Å². The van der Waals surface area contributed by atoms with Gasteiger partial charge in [0, 0.05) is 6.07 Å². The van der Waals surface area contributed by atoms with Gasteiger partial charge in [0.1, 0.15) is 12.4 Å². The quantitative estimate of drug-likeness (QED) is 0.601. The normalized spacial score (nSPS) is 15.1.